The van der Waals surface area contributed by atoms with Crippen molar-refractivity contribution in [1.82, 2.24) is 9.97 Å². The monoisotopic (exact) mass is 362 g/mol. The molecule has 1 heterocycles. The molecule has 2 aromatic carbocycles. The van der Waals surface area contributed by atoms with Crippen LogP contribution < -0.4 is 11.1 Å². The highest BCUT2D eigenvalue weighted by molar-refractivity contribution is 5.71. The summed E-state index contributed by atoms with van der Waals surface area (Å²) in [5.41, 5.74) is 9.14. The second-order valence-corrected chi connectivity index (χ2v) is 7.09. The van der Waals surface area contributed by atoms with Crippen LogP contribution in [0.5, 0.6) is 0 Å². The minimum absolute atomic E-state index is 0.286. The van der Waals surface area contributed by atoms with Crippen LogP contribution in [-0.4, -0.2) is 22.1 Å². The number of benzene rings is 2. The summed E-state index contributed by atoms with van der Waals surface area (Å²) in [5.74, 6) is 0.0495. The average molecular weight is 362 g/mol. The lowest BCUT2D eigenvalue weighted by molar-refractivity contribution is 0.409. The predicted octanol–water partition coefficient (Wildman–Crippen LogP) is 4.63. The van der Waals surface area contributed by atoms with E-state index >= 15 is 0 Å². The molecule has 5 heteroatoms. The molecular formula is C22H23FN4. The molecule has 1 aromatic heterocycles. The van der Waals surface area contributed by atoms with Crippen LogP contribution in [0.3, 0.4) is 0 Å². The highest BCUT2D eigenvalue weighted by Gasteiger charge is 2.19. The number of aromatic nitrogens is 2. The Labute approximate surface area is 158 Å². The van der Waals surface area contributed by atoms with E-state index in [1.165, 1.54) is 6.20 Å². The van der Waals surface area contributed by atoms with Crippen LogP contribution in [0.25, 0.3) is 22.4 Å². The van der Waals surface area contributed by atoms with Gasteiger partial charge in [0.1, 0.15) is 5.69 Å². The van der Waals surface area contributed by atoms with Crippen LogP contribution in [-0.2, 0) is 0 Å². The highest BCUT2D eigenvalue weighted by atomic mass is 19.1. The molecule has 3 N–H and O–H groups in total. The van der Waals surface area contributed by atoms with E-state index < -0.39 is 5.82 Å². The topological polar surface area (TPSA) is 63.8 Å². The molecule has 0 atom stereocenters. The lowest BCUT2D eigenvalue weighted by Crippen LogP contribution is -2.33. The van der Waals surface area contributed by atoms with Gasteiger partial charge in [-0.15, -0.1) is 0 Å². The summed E-state index contributed by atoms with van der Waals surface area (Å²) in [6, 6.07) is 18.4. The van der Waals surface area contributed by atoms with Crippen LogP contribution >= 0.6 is 0 Å². The van der Waals surface area contributed by atoms with E-state index in [1.807, 2.05) is 54.6 Å². The summed E-state index contributed by atoms with van der Waals surface area (Å²) in [4.78, 5) is 8.59. The third kappa shape index (κ3) is 4.14. The smallest absolute Gasteiger partial charge is 0.223 e. The fraction of sp³-hybridized carbons (Fsp3) is 0.273. The molecule has 1 fully saturated rings. The zero-order valence-electron chi connectivity index (χ0n) is 15.1. The molecule has 0 spiro atoms. The third-order valence-electron chi connectivity index (χ3n) is 5.09. The lowest BCUT2D eigenvalue weighted by atomic mass is 9.92. The molecule has 0 aliphatic heterocycles. The van der Waals surface area contributed by atoms with Gasteiger partial charge in [-0.2, -0.15) is 0 Å². The van der Waals surface area contributed by atoms with E-state index in [1.54, 1.807) is 0 Å². The lowest BCUT2D eigenvalue weighted by Gasteiger charge is -2.26. The number of hydrogen-bond acceptors (Lipinski definition) is 4. The number of nitrogens with two attached hydrogens (primary N) is 1. The summed E-state index contributed by atoms with van der Waals surface area (Å²) in [6.45, 7) is 0. The number of nitrogens with one attached hydrogen (secondary N) is 1. The molecule has 1 saturated carbocycles. The number of nitrogens with zero attached hydrogens (tertiary/aromatic N) is 2. The maximum absolute atomic E-state index is 14.4. The molecular weight excluding hydrogens is 339 g/mol. The first kappa shape index (κ1) is 17.6. The van der Waals surface area contributed by atoms with Crippen molar-refractivity contribution in [1.29, 1.82) is 0 Å². The molecule has 0 unspecified atom stereocenters. The van der Waals surface area contributed by atoms with Gasteiger partial charge in [0.25, 0.3) is 0 Å². The largest absolute Gasteiger partial charge is 0.351 e. The molecule has 4 rings (SSSR count). The molecule has 0 bridgehead atoms. The molecule has 3 aromatic rings. The maximum atomic E-state index is 14.4. The van der Waals surface area contributed by atoms with Gasteiger partial charge >= 0.3 is 0 Å². The molecule has 27 heavy (non-hydrogen) atoms. The normalized spacial score (nSPS) is 19.6. The van der Waals surface area contributed by atoms with Gasteiger partial charge < -0.3 is 11.1 Å². The summed E-state index contributed by atoms with van der Waals surface area (Å²) < 4.78 is 14.4. The van der Waals surface area contributed by atoms with Crippen molar-refractivity contribution < 1.29 is 4.39 Å². The van der Waals surface area contributed by atoms with Gasteiger partial charge in [0.15, 0.2) is 5.82 Å². The van der Waals surface area contributed by atoms with Gasteiger partial charge in [0, 0.05) is 17.6 Å². The first-order valence-electron chi connectivity index (χ1n) is 9.39. The van der Waals surface area contributed by atoms with E-state index in [4.69, 9.17) is 5.73 Å². The Bertz CT molecular complexity index is 905. The van der Waals surface area contributed by atoms with Crippen molar-refractivity contribution in [2.45, 2.75) is 37.8 Å². The first-order chi connectivity index (χ1) is 13.2. The van der Waals surface area contributed by atoms with Crippen LogP contribution in [0.4, 0.5) is 10.3 Å². The van der Waals surface area contributed by atoms with E-state index in [0.717, 1.165) is 42.4 Å². The number of halogens is 1. The van der Waals surface area contributed by atoms with Gasteiger partial charge in [0.2, 0.25) is 5.95 Å². The van der Waals surface area contributed by atoms with E-state index in [-0.39, 0.29) is 6.04 Å². The second-order valence-electron chi connectivity index (χ2n) is 7.09. The standard InChI is InChI=1S/C22H23FN4/c23-20-14-25-22(26-19-11-9-18(24)10-12-19)27-21(20)17-8-4-7-16(13-17)15-5-2-1-3-6-15/h1-8,13-14,18-19H,9-12,24H2,(H,25,26,27)/t18-,19-. The van der Waals surface area contributed by atoms with Crippen molar-refractivity contribution in [3.63, 3.8) is 0 Å². The van der Waals surface area contributed by atoms with Gasteiger partial charge in [-0.25, -0.2) is 14.4 Å². The molecule has 0 amide bonds. The average Bonchev–Trinajstić information content (AvgIpc) is 2.72. The Balaban J connectivity index is 1.60. The fourth-order valence-electron chi connectivity index (χ4n) is 3.56. The Morgan fingerprint density at radius 3 is 2.37 bits per heavy atom. The van der Waals surface area contributed by atoms with Crippen molar-refractivity contribution >= 4 is 5.95 Å². The molecule has 138 valence electrons. The van der Waals surface area contributed by atoms with Crippen molar-refractivity contribution in [2.24, 2.45) is 5.73 Å². The van der Waals surface area contributed by atoms with Gasteiger partial charge in [-0.05, 0) is 42.9 Å². The molecule has 0 saturated heterocycles. The summed E-state index contributed by atoms with van der Waals surface area (Å²) in [7, 11) is 0. The molecule has 0 radical (unpaired) electrons. The maximum Gasteiger partial charge on any atom is 0.223 e. The number of anilines is 1. The van der Waals surface area contributed by atoms with Crippen LogP contribution in [0.2, 0.25) is 0 Å². The minimum atomic E-state index is -0.420. The highest BCUT2D eigenvalue weighted by Crippen LogP contribution is 2.28. The number of rotatable bonds is 4. The van der Waals surface area contributed by atoms with Crippen molar-refractivity contribution in [3.8, 4) is 22.4 Å². The SMILES string of the molecule is N[C@H]1CC[C@H](Nc2ncc(F)c(-c3cccc(-c4ccccc4)c3)n2)CC1. The summed E-state index contributed by atoms with van der Waals surface area (Å²) >= 11 is 0. The number of hydrogen-bond donors (Lipinski definition) is 2. The zero-order valence-corrected chi connectivity index (χ0v) is 15.1. The van der Waals surface area contributed by atoms with E-state index in [2.05, 4.69) is 15.3 Å². The summed E-state index contributed by atoms with van der Waals surface area (Å²) in [6.07, 6.45) is 5.20. The van der Waals surface area contributed by atoms with Gasteiger partial charge in [0.05, 0.1) is 6.20 Å². The molecule has 1 aliphatic carbocycles. The van der Waals surface area contributed by atoms with E-state index in [9.17, 15) is 4.39 Å². The quantitative estimate of drug-likeness (QED) is 0.710. The van der Waals surface area contributed by atoms with Gasteiger partial charge in [-0.3, -0.25) is 0 Å². The predicted molar refractivity (Wildman–Crippen MR) is 107 cm³/mol. The van der Waals surface area contributed by atoms with Crippen LogP contribution in [0.15, 0.2) is 60.8 Å². The van der Waals surface area contributed by atoms with Gasteiger partial charge in [-0.1, -0.05) is 48.5 Å². The minimum Gasteiger partial charge on any atom is -0.351 e. The third-order valence-corrected chi connectivity index (χ3v) is 5.09. The molecule has 4 nitrogen and oxygen atoms in total. The van der Waals surface area contributed by atoms with E-state index in [0.29, 0.717) is 17.7 Å². The fourth-order valence-corrected chi connectivity index (χ4v) is 3.56. The Hall–Kier alpha value is -2.79. The Morgan fingerprint density at radius 1 is 0.889 bits per heavy atom. The van der Waals surface area contributed by atoms with Crippen molar-refractivity contribution in [2.75, 3.05) is 5.32 Å². The molecule has 1 aliphatic rings. The van der Waals surface area contributed by atoms with Crippen LogP contribution in [0.1, 0.15) is 25.7 Å². The Kier molecular flexibility index (Phi) is 5.12. The zero-order chi connectivity index (χ0) is 18.6. The Morgan fingerprint density at radius 2 is 1.59 bits per heavy atom. The summed E-state index contributed by atoms with van der Waals surface area (Å²) in [5, 5.41) is 3.34. The first-order valence-corrected chi connectivity index (χ1v) is 9.39. The second kappa shape index (κ2) is 7.84. The van der Waals surface area contributed by atoms with Crippen molar-refractivity contribution in [3.05, 3.63) is 66.6 Å². The van der Waals surface area contributed by atoms with Crippen LogP contribution in [0, 0.1) is 5.82 Å².